The molecule has 1 atom stereocenters. The van der Waals surface area contributed by atoms with E-state index in [1.54, 1.807) is 17.6 Å². The van der Waals surface area contributed by atoms with Crippen LogP contribution in [-0.2, 0) is 9.84 Å². The van der Waals surface area contributed by atoms with E-state index in [0.717, 1.165) is 10.2 Å². The van der Waals surface area contributed by atoms with E-state index >= 15 is 0 Å². The van der Waals surface area contributed by atoms with Crippen molar-refractivity contribution in [1.82, 2.24) is 9.88 Å². The normalized spacial score (nSPS) is 19.8. The third kappa shape index (κ3) is 3.62. The fourth-order valence-corrected chi connectivity index (χ4v) is 5.10. The first-order valence-electron chi connectivity index (χ1n) is 7.21. The molecule has 1 aliphatic rings. The molecule has 0 radical (unpaired) electrons. The molecule has 9 heteroatoms. The Bertz CT molecular complexity index is 818. The molecule has 0 saturated carbocycles. The predicted molar refractivity (Wildman–Crippen MR) is 89.5 cm³/mol. The lowest BCUT2D eigenvalue weighted by Crippen LogP contribution is -2.45. The lowest BCUT2D eigenvalue weighted by atomic mass is 10.2. The Kier molecular flexibility index (Phi) is 4.51. The first-order valence-corrected chi connectivity index (χ1v) is 9.91. The van der Waals surface area contributed by atoms with Crippen LogP contribution >= 0.6 is 11.3 Å². The molecule has 124 valence electrons. The Balaban J connectivity index is 1.75. The second-order valence-electron chi connectivity index (χ2n) is 5.44. The highest BCUT2D eigenvalue weighted by Crippen LogP contribution is 2.23. The summed E-state index contributed by atoms with van der Waals surface area (Å²) in [6, 6.07) is 4.62. The highest BCUT2D eigenvalue weighted by atomic mass is 32.2. The second kappa shape index (κ2) is 6.42. The van der Waals surface area contributed by atoms with Gasteiger partial charge in [0.05, 0.1) is 33.8 Å². The van der Waals surface area contributed by atoms with E-state index in [9.17, 15) is 18.3 Å². The minimum atomic E-state index is -3.10. The van der Waals surface area contributed by atoms with Gasteiger partial charge in [0.25, 0.3) is 0 Å². The number of sulfone groups is 1. The number of hydrogen-bond donors (Lipinski definition) is 2. The van der Waals surface area contributed by atoms with E-state index in [1.807, 2.05) is 6.07 Å². The Morgan fingerprint density at radius 2 is 2.30 bits per heavy atom. The van der Waals surface area contributed by atoms with Crippen LogP contribution in [0.3, 0.4) is 0 Å². The van der Waals surface area contributed by atoms with Crippen molar-refractivity contribution in [3.8, 4) is 0 Å². The molecule has 0 aliphatic carbocycles. The molecule has 1 aromatic heterocycles. The molecule has 2 amide bonds. The van der Waals surface area contributed by atoms with E-state index < -0.39 is 21.9 Å². The molecule has 1 saturated heterocycles. The van der Waals surface area contributed by atoms with Crippen molar-refractivity contribution in [2.45, 2.75) is 12.5 Å². The van der Waals surface area contributed by atoms with Crippen molar-refractivity contribution in [3.05, 3.63) is 23.7 Å². The van der Waals surface area contributed by atoms with Crippen LogP contribution in [0.1, 0.15) is 6.42 Å². The van der Waals surface area contributed by atoms with Gasteiger partial charge in [-0.3, -0.25) is 0 Å². The van der Waals surface area contributed by atoms with Gasteiger partial charge < -0.3 is 15.3 Å². The SMILES string of the molecule is O=C(Nc1ccc2scnc2c1)N(CCO)[C@@H]1CCS(=O)(=O)C1. The van der Waals surface area contributed by atoms with Gasteiger partial charge in [-0.25, -0.2) is 18.2 Å². The molecule has 0 bridgehead atoms. The summed E-state index contributed by atoms with van der Waals surface area (Å²) in [7, 11) is -3.10. The first kappa shape index (κ1) is 16.2. The van der Waals surface area contributed by atoms with Gasteiger partial charge in [-0.05, 0) is 24.6 Å². The largest absolute Gasteiger partial charge is 0.395 e. The fourth-order valence-electron chi connectivity index (χ4n) is 2.71. The zero-order chi connectivity index (χ0) is 16.4. The van der Waals surface area contributed by atoms with Crippen LogP contribution in [0.4, 0.5) is 10.5 Å². The minimum absolute atomic E-state index is 0.0501. The molecule has 1 aliphatic heterocycles. The van der Waals surface area contributed by atoms with Gasteiger partial charge in [0.1, 0.15) is 0 Å². The summed E-state index contributed by atoms with van der Waals surface area (Å²) in [5, 5.41) is 11.9. The molecule has 23 heavy (non-hydrogen) atoms. The van der Waals surface area contributed by atoms with E-state index in [1.165, 1.54) is 16.2 Å². The molecule has 2 heterocycles. The van der Waals surface area contributed by atoms with Crippen molar-refractivity contribution in [3.63, 3.8) is 0 Å². The van der Waals surface area contributed by atoms with Crippen LogP contribution in [0, 0.1) is 0 Å². The number of benzene rings is 1. The Labute approximate surface area is 137 Å². The summed E-state index contributed by atoms with van der Waals surface area (Å²) >= 11 is 1.52. The summed E-state index contributed by atoms with van der Waals surface area (Å²) < 4.78 is 24.3. The number of aromatic nitrogens is 1. The number of amides is 2. The number of nitrogens with zero attached hydrogens (tertiary/aromatic N) is 2. The van der Waals surface area contributed by atoms with Crippen LogP contribution in [-0.4, -0.2) is 60.1 Å². The summed E-state index contributed by atoms with van der Waals surface area (Å²) in [4.78, 5) is 18.1. The number of rotatable bonds is 4. The van der Waals surface area contributed by atoms with Crippen LogP contribution in [0.25, 0.3) is 10.2 Å². The fraction of sp³-hybridized carbons (Fsp3) is 0.429. The lowest BCUT2D eigenvalue weighted by molar-refractivity contribution is 0.169. The molecule has 1 fully saturated rings. The molecule has 2 N–H and O–H groups in total. The van der Waals surface area contributed by atoms with E-state index in [4.69, 9.17) is 0 Å². The van der Waals surface area contributed by atoms with Gasteiger partial charge in [0, 0.05) is 18.3 Å². The average molecular weight is 355 g/mol. The van der Waals surface area contributed by atoms with Crippen LogP contribution in [0.5, 0.6) is 0 Å². The number of aliphatic hydroxyl groups excluding tert-OH is 1. The Morgan fingerprint density at radius 3 is 3.00 bits per heavy atom. The summed E-state index contributed by atoms with van der Waals surface area (Å²) in [6.45, 7) is -0.111. The number of thiazole rings is 1. The quantitative estimate of drug-likeness (QED) is 0.861. The van der Waals surface area contributed by atoms with E-state index in [-0.39, 0.29) is 24.7 Å². The monoisotopic (exact) mass is 355 g/mol. The van der Waals surface area contributed by atoms with Gasteiger partial charge in [-0.15, -0.1) is 11.3 Å². The van der Waals surface area contributed by atoms with Crippen LogP contribution < -0.4 is 5.32 Å². The number of hydrogen-bond acceptors (Lipinski definition) is 6. The molecule has 0 unspecified atom stereocenters. The maximum absolute atomic E-state index is 12.5. The predicted octanol–water partition coefficient (Wildman–Crippen LogP) is 1.31. The number of carbonyl (C=O) groups is 1. The van der Waals surface area contributed by atoms with Crippen molar-refractivity contribution in [1.29, 1.82) is 0 Å². The number of carbonyl (C=O) groups excluding carboxylic acids is 1. The maximum atomic E-state index is 12.5. The molecule has 1 aromatic carbocycles. The number of nitrogens with one attached hydrogen (secondary N) is 1. The van der Waals surface area contributed by atoms with Gasteiger partial charge in [0.15, 0.2) is 9.84 Å². The van der Waals surface area contributed by atoms with Crippen molar-refractivity contribution < 1.29 is 18.3 Å². The molecule has 7 nitrogen and oxygen atoms in total. The molecule has 2 aromatic rings. The molecule has 0 spiro atoms. The van der Waals surface area contributed by atoms with Gasteiger partial charge >= 0.3 is 6.03 Å². The van der Waals surface area contributed by atoms with Crippen molar-refractivity contribution in [2.75, 3.05) is 30.0 Å². The Morgan fingerprint density at radius 1 is 1.48 bits per heavy atom. The maximum Gasteiger partial charge on any atom is 0.322 e. The van der Waals surface area contributed by atoms with Crippen molar-refractivity contribution in [2.24, 2.45) is 0 Å². The zero-order valence-corrected chi connectivity index (χ0v) is 13.9. The van der Waals surface area contributed by atoms with Crippen LogP contribution in [0.2, 0.25) is 0 Å². The number of urea groups is 1. The zero-order valence-electron chi connectivity index (χ0n) is 12.3. The summed E-state index contributed by atoms with van der Waals surface area (Å²) in [5.41, 5.74) is 3.12. The smallest absolute Gasteiger partial charge is 0.322 e. The topological polar surface area (TPSA) is 99.6 Å². The highest BCUT2D eigenvalue weighted by molar-refractivity contribution is 7.91. The number of aliphatic hydroxyl groups is 1. The third-order valence-electron chi connectivity index (χ3n) is 3.83. The highest BCUT2D eigenvalue weighted by Gasteiger charge is 2.34. The molecular formula is C14H17N3O4S2. The minimum Gasteiger partial charge on any atom is -0.395 e. The third-order valence-corrected chi connectivity index (χ3v) is 6.39. The molecule has 3 rings (SSSR count). The summed E-state index contributed by atoms with van der Waals surface area (Å²) in [5.74, 6) is 0.0310. The van der Waals surface area contributed by atoms with E-state index in [2.05, 4.69) is 10.3 Å². The molecular weight excluding hydrogens is 338 g/mol. The van der Waals surface area contributed by atoms with Gasteiger partial charge in [0.2, 0.25) is 0 Å². The summed E-state index contributed by atoms with van der Waals surface area (Å²) in [6.07, 6.45) is 0.404. The standard InChI is InChI=1S/C14H17N3O4S2/c18-5-4-17(11-3-6-23(20,21)8-11)14(19)16-10-1-2-13-12(7-10)15-9-22-13/h1-2,7,9,11,18H,3-6,8H2,(H,16,19)/t11-/m1/s1. The van der Waals surface area contributed by atoms with Crippen molar-refractivity contribution >= 4 is 43.1 Å². The first-order chi connectivity index (χ1) is 11.0. The average Bonchev–Trinajstić information content (AvgIpc) is 3.10. The van der Waals surface area contributed by atoms with Crippen LogP contribution in [0.15, 0.2) is 23.7 Å². The van der Waals surface area contributed by atoms with Gasteiger partial charge in [-0.1, -0.05) is 0 Å². The number of fused-ring (bicyclic) bond motifs is 1. The Hall–Kier alpha value is -1.71. The van der Waals surface area contributed by atoms with Gasteiger partial charge in [-0.2, -0.15) is 0 Å². The lowest BCUT2D eigenvalue weighted by Gasteiger charge is -2.27. The second-order valence-corrected chi connectivity index (χ2v) is 8.55. The van der Waals surface area contributed by atoms with E-state index in [0.29, 0.717) is 12.1 Å². The number of anilines is 1.